The molecule has 2 atom stereocenters. The van der Waals surface area contributed by atoms with Crippen LogP contribution in [0.2, 0.25) is 0 Å². The topological polar surface area (TPSA) is 35.2 Å². The summed E-state index contributed by atoms with van der Waals surface area (Å²) in [5.74, 6) is 0. The lowest BCUT2D eigenvalue weighted by molar-refractivity contribution is -0.0439. The summed E-state index contributed by atoms with van der Waals surface area (Å²) in [6.07, 6.45) is 1.34. The molecular weight excluding hydrogens is 164 g/mol. The molecule has 0 aromatic rings. The molecule has 4 heteroatoms. The van der Waals surface area contributed by atoms with E-state index in [0.717, 1.165) is 25.7 Å². The van der Waals surface area contributed by atoms with Gasteiger partial charge in [-0.25, -0.2) is 8.78 Å². The lowest BCUT2D eigenvalue weighted by atomic mass is 9.93. The molecule has 1 aliphatic rings. The van der Waals surface area contributed by atoms with Gasteiger partial charge in [0.05, 0.1) is 6.10 Å². The van der Waals surface area contributed by atoms with Gasteiger partial charge in [0.15, 0.2) is 0 Å². The Balaban J connectivity index is 2.20. The highest BCUT2D eigenvalue weighted by Gasteiger charge is 2.23. The van der Waals surface area contributed by atoms with Gasteiger partial charge >= 0.3 is 0 Å². The van der Waals surface area contributed by atoms with Crippen LogP contribution in [0, 0.1) is 0 Å². The predicted molar refractivity (Wildman–Crippen MR) is 42.2 cm³/mol. The van der Waals surface area contributed by atoms with Crippen LogP contribution in [0.1, 0.15) is 25.7 Å². The van der Waals surface area contributed by atoms with Crippen molar-refractivity contribution in [3.63, 3.8) is 0 Å². The number of rotatable bonds is 3. The monoisotopic (exact) mass is 179 g/mol. The average Bonchev–Trinajstić information content (AvgIpc) is 2.03. The van der Waals surface area contributed by atoms with Gasteiger partial charge in [-0.1, -0.05) is 12.8 Å². The minimum Gasteiger partial charge on any atom is -0.371 e. The molecule has 0 aliphatic heterocycles. The fraction of sp³-hybridized carbons (Fsp3) is 1.00. The number of halogens is 2. The number of ether oxygens (including phenoxy) is 1. The predicted octanol–water partition coefficient (Wildman–Crippen LogP) is 1.54. The SMILES string of the molecule is NC1CCCCC1OCC(F)F. The van der Waals surface area contributed by atoms with Crippen molar-refractivity contribution in [3.05, 3.63) is 0 Å². The second kappa shape index (κ2) is 4.72. The van der Waals surface area contributed by atoms with E-state index < -0.39 is 13.0 Å². The summed E-state index contributed by atoms with van der Waals surface area (Å²) < 4.78 is 28.5. The fourth-order valence-electron chi connectivity index (χ4n) is 1.53. The van der Waals surface area contributed by atoms with E-state index in [1.165, 1.54) is 0 Å². The van der Waals surface area contributed by atoms with Crippen molar-refractivity contribution in [1.29, 1.82) is 0 Å². The highest BCUT2D eigenvalue weighted by molar-refractivity contribution is 4.78. The van der Waals surface area contributed by atoms with Crippen LogP contribution in [-0.2, 0) is 4.74 Å². The van der Waals surface area contributed by atoms with E-state index in [1.807, 2.05) is 0 Å². The van der Waals surface area contributed by atoms with Crippen LogP contribution in [0.3, 0.4) is 0 Å². The first-order chi connectivity index (χ1) is 5.70. The Morgan fingerprint density at radius 3 is 2.58 bits per heavy atom. The van der Waals surface area contributed by atoms with Crippen LogP contribution >= 0.6 is 0 Å². The van der Waals surface area contributed by atoms with Gasteiger partial charge in [-0.15, -0.1) is 0 Å². The standard InChI is InChI=1S/C8H15F2NO/c9-8(10)5-12-7-4-2-1-3-6(7)11/h6-8H,1-5,11H2. The molecule has 1 rings (SSSR count). The third kappa shape index (κ3) is 3.03. The van der Waals surface area contributed by atoms with E-state index >= 15 is 0 Å². The van der Waals surface area contributed by atoms with Crippen molar-refractivity contribution >= 4 is 0 Å². The second-order valence-electron chi connectivity index (χ2n) is 3.21. The maximum absolute atomic E-state index is 11.8. The molecule has 0 amide bonds. The average molecular weight is 179 g/mol. The summed E-state index contributed by atoms with van der Waals surface area (Å²) >= 11 is 0. The Labute approximate surface area is 71.1 Å². The van der Waals surface area contributed by atoms with E-state index in [-0.39, 0.29) is 12.1 Å². The van der Waals surface area contributed by atoms with Crippen LogP contribution in [0.15, 0.2) is 0 Å². The molecule has 0 bridgehead atoms. The molecule has 12 heavy (non-hydrogen) atoms. The molecule has 0 aromatic carbocycles. The van der Waals surface area contributed by atoms with Crippen molar-refractivity contribution in [2.45, 2.75) is 44.3 Å². The van der Waals surface area contributed by atoms with Gasteiger partial charge in [-0.05, 0) is 12.8 Å². The maximum atomic E-state index is 11.8. The van der Waals surface area contributed by atoms with Crippen LogP contribution in [0.4, 0.5) is 8.78 Å². The highest BCUT2D eigenvalue weighted by Crippen LogP contribution is 2.19. The van der Waals surface area contributed by atoms with Gasteiger partial charge in [0.25, 0.3) is 6.43 Å². The summed E-state index contributed by atoms with van der Waals surface area (Å²) in [6, 6.07) is -0.0440. The second-order valence-corrected chi connectivity index (χ2v) is 3.21. The summed E-state index contributed by atoms with van der Waals surface area (Å²) in [7, 11) is 0. The smallest absolute Gasteiger partial charge is 0.261 e. The number of hydrogen-bond acceptors (Lipinski definition) is 2. The van der Waals surface area contributed by atoms with Crippen molar-refractivity contribution < 1.29 is 13.5 Å². The van der Waals surface area contributed by atoms with E-state index in [4.69, 9.17) is 10.5 Å². The Bertz CT molecular complexity index is 132. The molecule has 2 unspecified atom stereocenters. The van der Waals surface area contributed by atoms with Gasteiger partial charge in [0.2, 0.25) is 0 Å². The van der Waals surface area contributed by atoms with Crippen molar-refractivity contribution in [2.75, 3.05) is 6.61 Å². The molecule has 1 saturated carbocycles. The third-order valence-electron chi connectivity index (χ3n) is 2.19. The quantitative estimate of drug-likeness (QED) is 0.713. The minimum atomic E-state index is -2.38. The van der Waals surface area contributed by atoms with Crippen molar-refractivity contribution in [2.24, 2.45) is 5.73 Å². The van der Waals surface area contributed by atoms with Crippen molar-refractivity contribution in [3.8, 4) is 0 Å². The lowest BCUT2D eigenvalue weighted by Crippen LogP contribution is -2.40. The van der Waals surface area contributed by atoms with Crippen molar-refractivity contribution in [1.82, 2.24) is 0 Å². The van der Waals surface area contributed by atoms with E-state index in [2.05, 4.69) is 0 Å². The zero-order valence-electron chi connectivity index (χ0n) is 7.01. The molecule has 1 aliphatic carbocycles. The molecular formula is C8H15F2NO. The first-order valence-electron chi connectivity index (χ1n) is 4.35. The first-order valence-corrected chi connectivity index (χ1v) is 4.35. The summed E-state index contributed by atoms with van der Waals surface area (Å²) in [5, 5.41) is 0. The summed E-state index contributed by atoms with van der Waals surface area (Å²) in [4.78, 5) is 0. The van der Waals surface area contributed by atoms with Gasteiger partial charge < -0.3 is 10.5 Å². The Morgan fingerprint density at radius 1 is 1.33 bits per heavy atom. The molecule has 72 valence electrons. The molecule has 0 spiro atoms. The fourth-order valence-corrected chi connectivity index (χ4v) is 1.53. The van der Waals surface area contributed by atoms with Crippen LogP contribution in [-0.4, -0.2) is 25.2 Å². The largest absolute Gasteiger partial charge is 0.371 e. The number of alkyl halides is 2. The van der Waals surface area contributed by atoms with E-state index in [9.17, 15) is 8.78 Å². The summed E-state index contributed by atoms with van der Waals surface area (Å²) in [6.45, 7) is -0.474. The minimum absolute atomic E-state index is 0.0440. The van der Waals surface area contributed by atoms with E-state index in [0.29, 0.717) is 0 Å². The first kappa shape index (κ1) is 9.86. The lowest BCUT2D eigenvalue weighted by Gasteiger charge is -2.28. The van der Waals surface area contributed by atoms with Gasteiger partial charge in [0.1, 0.15) is 6.61 Å². The molecule has 0 heterocycles. The molecule has 2 N–H and O–H groups in total. The van der Waals surface area contributed by atoms with Gasteiger partial charge in [-0.2, -0.15) is 0 Å². The molecule has 1 fully saturated rings. The zero-order valence-corrected chi connectivity index (χ0v) is 7.01. The van der Waals surface area contributed by atoms with Crippen LogP contribution in [0.25, 0.3) is 0 Å². The highest BCUT2D eigenvalue weighted by atomic mass is 19.3. The summed E-state index contributed by atoms with van der Waals surface area (Å²) in [5.41, 5.74) is 5.70. The molecule has 0 radical (unpaired) electrons. The Morgan fingerprint density at radius 2 is 2.00 bits per heavy atom. The Hall–Kier alpha value is -0.220. The number of hydrogen-bond donors (Lipinski definition) is 1. The normalized spacial score (nSPS) is 31.0. The number of nitrogens with two attached hydrogens (primary N) is 1. The Kier molecular flexibility index (Phi) is 3.88. The van der Waals surface area contributed by atoms with Gasteiger partial charge in [-0.3, -0.25) is 0 Å². The third-order valence-corrected chi connectivity index (χ3v) is 2.19. The van der Waals surface area contributed by atoms with Crippen LogP contribution < -0.4 is 5.73 Å². The van der Waals surface area contributed by atoms with E-state index in [1.54, 1.807) is 0 Å². The maximum Gasteiger partial charge on any atom is 0.261 e. The zero-order chi connectivity index (χ0) is 8.97. The van der Waals surface area contributed by atoms with Crippen LogP contribution in [0.5, 0.6) is 0 Å². The van der Waals surface area contributed by atoms with Gasteiger partial charge in [0, 0.05) is 6.04 Å². The molecule has 0 aromatic heterocycles. The molecule has 0 saturated heterocycles. The molecule has 2 nitrogen and oxygen atoms in total.